The molecule has 5 heterocycles. The van der Waals surface area contributed by atoms with E-state index in [1.165, 1.54) is 19.5 Å². The molecule has 3 fully saturated rings. The predicted molar refractivity (Wildman–Crippen MR) is 142 cm³/mol. The Bertz CT molecular complexity index is 1450. The second-order valence-corrected chi connectivity index (χ2v) is 11.3. The molecular formula is C26H33F2N9O3. The van der Waals surface area contributed by atoms with Crippen LogP contribution in [-0.2, 0) is 11.8 Å². The van der Waals surface area contributed by atoms with Gasteiger partial charge in [0.15, 0.2) is 17.5 Å². The van der Waals surface area contributed by atoms with Crippen LogP contribution in [0.1, 0.15) is 46.0 Å². The van der Waals surface area contributed by atoms with Crippen LogP contribution in [0.4, 0.5) is 26.2 Å². The lowest BCUT2D eigenvalue weighted by atomic mass is 9.84. The minimum absolute atomic E-state index is 0.00401. The standard InChI is InChI=1S/C26H33F2N9O3/c1-26(2)12-15(9-16-5-4-7-36(16)26)30-23-19(28)13-29-24(32-23)31-20-11-21(37-25(38)35(3)33-34-37)22(10-18(20)27)40-17-6-8-39-14-17/h10-11,13,15-17H,4-9,12,14H2,1-3H3,(H2,29,30,31,32)/t15?,16?,17-/m1/s1. The Kier molecular flexibility index (Phi) is 6.90. The van der Waals surface area contributed by atoms with E-state index in [0.717, 1.165) is 47.4 Å². The van der Waals surface area contributed by atoms with Crippen LogP contribution in [0.2, 0.25) is 0 Å². The molecule has 3 aliphatic heterocycles. The third-order valence-electron chi connectivity index (χ3n) is 7.97. The van der Waals surface area contributed by atoms with Crippen LogP contribution in [0.15, 0.2) is 23.1 Å². The summed E-state index contributed by atoms with van der Waals surface area (Å²) in [6.45, 7) is 6.42. The highest BCUT2D eigenvalue weighted by Crippen LogP contribution is 2.39. The van der Waals surface area contributed by atoms with Crippen LogP contribution in [0.5, 0.6) is 5.75 Å². The summed E-state index contributed by atoms with van der Waals surface area (Å²) in [5.41, 5.74) is -0.403. The van der Waals surface area contributed by atoms with Gasteiger partial charge in [0.1, 0.15) is 17.5 Å². The summed E-state index contributed by atoms with van der Waals surface area (Å²) in [6, 6.07) is 3.03. The average Bonchev–Trinajstić information content (AvgIpc) is 3.66. The van der Waals surface area contributed by atoms with E-state index in [2.05, 4.69) is 49.8 Å². The van der Waals surface area contributed by atoms with Crippen molar-refractivity contribution in [3.8, 4) is 11.4 Å². The summed E-state index contributed by atoms with van der Waals surface area (Å²) in [7, 11) is 1.46. The highest BCUT2D eigenvalue weighted by atomic mass is 19.1. The molecule has 214 valence electrons. The molecule has 3 saturated heterocycles. The van der Waals surface area contributed by atoms with E-state index < -0.39 is 17.3 Å². The molecule has 3 aliphatic rings. The molecule has 12 nitrogen and oxygen atoms in total. The molecule has 1 aromatic carbocycles. The second-order valence-electron chi connectivity index (χ2n) is 11.3. The molecule has 0 amide bonds. The Balaban J connectivity index is 1.27. The van der Waals surface area contributed by atoms with Crippen molar-refractivity contribution in [1.82, 2.24) is 34.7 Å². The number of aromatic nitrogens is 6. The highest BCUT2D eigenvalue weighted by Gasteiger charge is 2.43. The SMILES string of the molecule is Cn1nnn(-c2cc(Nc3ncc(F)c(NC4CC5CCCN5C(C)(C)C4)n3)c(F)cc2O[C@@H]2CCOC2)c1=O. The fourth-order valence-electron chi connectivity index (χ4n) is 6.11. The van der Waals surface area contributed by atoms with Gasteiger partial charge < -0.3 is 20.1 Å². The van der Waals surface area contributed by atoms with Crippen LogP contribution in [0.3, 0.4) is 0 Å². The number of nitrogens with zero attached hydrogens (tertiary/aromatic N) is 7. The van der Waals surface area contributed by atoms with Crippen molar-refractivity contribution in [2.45, 2.75) is 69.7 Å². The Morgan fingerprint density at radius 2 is 2.02 bits per heavy atom. The van der Waals surface area contributed by atoms with E-state index in [4.69, 9.17) is 9.47 Å². The average molecular weight is 558 g/mol. The van der Waals surface area contributed by atoms with Gasteiger partial charge in [0.05, 0.1) is 25.1 Å². The van der Waals surface area contributed by atoms with Gasteiger partial charge in [-0.2, -0.15) is 14.3 Å². The van der Waals surface area contributed by atoms with E-state index in [0.29, 0.717) is 25.7 Å². The van der Waals surface area contributed by atoms with E-state index in [9.17, 15) is 9.18 Å². The molecule has 0 bridgehead atoms. The number of piperidine rings is 1. The maximum Gasteiger partial charge on any atom is 0.368 e. The minimum Gasteiger partial charge on any atom is -0.486 e. The zero-order chi connectivity index (χ0) is 28.0. The van der Waals surface area contributed by atoms with Crippen LogP contribution >= 0.6 is 0 Å². The number of aryl methyl sites for hydroxylation is 1. The largest absolute Gasteiger partial charge is 0.486 e. The zero-order valence-electron chi connectivity index (χ0n) is 22.7. The topological polar surface area (TPSA) is 124 Å². The first-order valence-corrected chi connectivity index (χ1v) is 13.6. The molecule has 2 unspecified atom stereocenters. The molecule has 6 rings (SSSR count). The Morgan fingerprint density at radius 1 is 1.18 bits per heavy atom. The molecule has 0 spiro atoms. The van der Waals surface area contributed by atoms with Crippen LogP contribution in [0, 0.1) is 11.6 Å². The number of halogens is 2. The number of hydrogen-bond acceptors (Lipinski definition) is 10. The summed E-state index contributed by atoms with van der Waals surface area (Å²) in [6.07, 6.45) is 5.43. The summed E-state index contributed by atoms with van der Waals surface area (Å²) in [5.74, 6) is -1.10. The third-order valence-corrected chi connectivity index (χ3v) is 7.97. The molecule has 40 heavy (non-hydrogen) atoms. The maximum atomic E-state index is 15.3. The van der Waals surface area contributed by atoms with Crippen LogP contribution < -0.4 is 21.1 Å². The second kappa shape index (κ2) is 10.4. The number of rotatable bonds is 7. The number of hydrogen-bond donors (Lipinski definition) is 2. The molecule has 0 saturated carbocycles. The van der Waals surface area contributed by atoms with E-state index >= 15 is 4.39 Å². The van der Waals surface area contributed by atoms with Crippen molar-refractivity contribution in [2.75, 3.05) is 30.4 Å². The predicted octanol–water partition coefficient (Wildman–Crippen LogP) is 2.76. The fourth-order valence-corrected chi connectivity index (χ4v) is 6.11. The Hall–Kier alpha value is -3.65. The van der Waals surface area contributed by atoms with Crippen molar-refractivity contribution in [2.24, 2.45) is 7.05 Å². The van der Waals surface area contributed by atoms with Crippen molar-refractivity contribution < 1.29 is 18.3 Å². The van der Waals surface area contributed by atoms with Gasteiger partial charge in [-0.3, -0.25) is 4.90 Å². The van der Waals surface area contributed by atoms with Crippen LogP contribution in [-0.4, -0.2) is 78.1 Å². The van der Waals surface area contributed by atoms with Gasteiger partial charge in [-0.05, 0) is 62.6 Å². The maximum absolute atomic E-state index is 15.3. The van der Waals surface area contributed by atoms with Gasteiger partial charge in [0.25, 0.3) is 0 Å². The molecule has 2 aromatic heterocycles. The number of anilines is 3. The monoisotopic (exact) mass is 557 g/mol. The Morgan fingerprint density at radius 3 is 2.77 bits per heavy atom. The number of benzene rings is 1. The van der Waals surface area contributed by atoms with Crippen LogP contribution in [0.25, 0.3) is 5.69 Å². The zero-order valence-corrected chi connectivity index (χ0v) is 22.7. The minimum atomic E-state index is -0.674. The summed E-state index contributed by atoms with van der Waals surface area (Å²) in [5, 5.41) is 13.7. The van der Waals surface area contributed by atoms with E-state index in [1.54, 1.807) is 0 Å². The number of ether oxygens (including phenoxy) is 2. The molecule has 0 aliphatic carbocycles. The lowest BCUT2D eigenvalue weighted by molar-refractivity contribution is 0.0500. The number of tetrazole rings is 1. The molecule has 2 N–H and O–H groups in total. The first kappa shape index (κ1) is 26.6. The highest BCUT2D eigenvalue weighted by molar-refractivity contribution is 5.63. The smallest absolute Gasteiger partial charge is 0.368 e. The summed E-state index contributed by atoms with van der Waals surface area (Å²) < 4.78 is 43.5. The molecular weight excluding hydrogens is 524 g/mol. The van der Waals surface area contributed by atoms with E-state index in [1.807, 2.05) is 0 Å². The van der Waals surface area contributed by atoms with Crippen molar-refractivity contribution in [3.63, 3.8) is 0 Å². The summed E-state index contributed by atoms with van der Waals surface area (Å²) >= 11 is 0. The van der Waals surface area contributed by atoms with Crippen molar-refractivity contribution in [3.05, 3.63) is 40.4 Å². The van der Waals surface area contributed by atoms with E-state index in [-0.39, 0.29) is 46.6 Å². The first-order chi connectivity index (χ1) is 19.2. The van der Waals surface area contributed by atoms with Gasteiger partial charge in [-0.15, -0.1) is 0 Å². The molecule has 3 aromatic rings. The molecule has 0 radical (unpaired) electrons. The number of fused-ring (bicyclic) bond motifs is 1. The molecule has 14 heteroatoms. The normalized spacial score (nSPS) is 24.2. The van der Waals surface area contributed by atoms with Gasteiger partial charge >= 0.3 is 5.69 Å². The van der Waals surface area contributed by atoms with Gasteiger partial charge in [-0.1, -0.05) is 0 Å². The third kappa shape index (κ3) is 5.12. The van der Waals surface area contributed by atoms with Crippen molar-refractivity contribution >= 4 is 17.5 Å². The fraction of sp³-hybridized carbons (Fsp3) is 0.577. The van der Waals surface area contributed by atoms with Gasteiger partial charge in [0.2, 0.25) is 5.95 Å². The van der Waals surface area contributed by atoms with Gasteiger partial charge in [0, 0.05) is 37.2 Å². The quantitative estimate of drug-likeness (QED) is 0.448. The van der Waals surface area contributed by atoms with Gasteiger partial charge in [-0.25, -0.2) is 18.6 Å². The summed E-state index contributed by atoms with van der Waals surface area (Å²) in [4.78, 5) is 23.5. The lowest BCUT2D eigenvalue weighted by Crippen LogP contribution is -2.55. The number of nitrogens with one attached hydrogen (secondary N) is 2. The lowest BCUT2D eigenvalue weighted by Gasteiger charge is -2.47. The van der Waals surface area contributed by atoms with Crippen molar-refractivity contribution in [1.29, 1.82) is 0 Å². The first-order valence-electron chi connectivity index (χ1n) is 13.6. The Labute approximate surface area is 229 Å². The molecule has 3 atom stereocenters.